The molecule has 1 N–H and O–H groups in total. The summed E-state index contributed by atoms with van der Waals surface area (Å²) >= 11 is 0. The largest absolute Gasteiger partial charge is 0.462 e. The third-order valence-corrected chi connectivity index (χ3v) is 9.75. The summed E-state index contributed by atoms with van der Waals surface area (Å²) in [5.41, 5.74) is -7.92. The topological polar surface area (TPSA) is 232 Å². The predicted molar refractivity (Wildman–Crippen MR) is 232 cm³/mol. The van der Waals surface area contributed by atoms with Crippen LogP contribution < -0.4 is 0 Å². The minimum Gasteiger partial charge on any atom is -0.462 e. The summed E-state index contributed by atoms with van der Waals surface area (Å²) in [7, 11) is 0. The van der Waals surface area contributed by atoms with E-state index in [1.54, 1.807) is 145 Å². The molecule has 374 valence electrons. The second-order valence-electron chi connectivity index (χ2n) is 24.0. The first-order valence-corrected chi connectivity index (χ1v) is 22.0. The molecule has 0 amide bonds. The molecule has 2 heterocycles. The number of carbonyl (C=O) groups excluding carboxylic acids is 7. The fourth-order valence-corrected chi connectivity index (χ4v) is 5.38. The zero-order chi connectivity index (χ0) is 50.8. The summed E-state index contributed by atoms with van der Waals surface area (Å²) in [6.45, 7) is 31.9. The van der Waals surface area contributed by atoms with Crippen LogP contribution in [0.4, 0.5) is 0 Å². The van der Waals surface area contributed by atoms with Crippen molar-refractivity contribution in [2.24, 2.45) is 37.9 Å². The van der Waals surface area contributed by atoms with Crippen molar-refractivity contribution in [3.63, 3.8) is 0 Å². The van der Waals surface area contributed by atoms with Gasteiger partial charge in [0, 0.05) is 0 Å². The molecule has 0 aromatic heterocycles. The standard InChI is InChI=1S/C47H78O18/c1-41(2,3)34(49)56-22-24-26(28(62-37(52)44(10,11)12)30(32(48)58-24)64-39(54)46(16,17)18)60-33-31(65-40(55)47(19,20)21)29(63-38(53)45(13,14)15)27(61-36(51)43(7,8)9)25(59-33)23-57-35(50)42(4,5)6/h24-33,48H,22-23H2,1-21H3/t24-,25-,26-,27+,28+,29+,30-,31-,32?,33+/m1/s1. The van der Waals surface area contributed by atoms with Gasteiger partial charge in [-0.15, -0.1) is 0 Å². The lowest BCUT2D eigenvalue weighted by Gasteiger charge is -2.49. The average Bonchev–Trinajstić information content (AvgIpc) is 3.11. The van der Waals surface area contributed by atoms with E-state index in [4.69, 9.17) is 47.4 Å². The number of rotatable bonds is 11. The molecule has 18 heteroatoms. The molecule has 0 aromatic carbocycles. The van der Waals surface area contributed by atoms with Crippen molar-refractivity contribution in [3.8, 4) is 0 Å². The van der Waals surface area contributed by atoms with Crippen molar-refractivity contribution >= 4 is 41.8 Å². The van der Waals surface area contributed by atoms with Crippen LogP contribution in [0.2, 0.25) is 0 Å². The van der Waals surface area contributed by atoms with Gasteiger partial charge in [-0.2, -0.15) is 0 Å². The van der Waals surface area contributed by atoms with E-state index in [9.17, 15) is 38.7 Å². The molecule has 0 saturated carbocycles. The second kappa shape index (κ2) is 20.6. The first kappa shape index (κ1) is 57.3. The van der Waals surface area contributed by atoms with Crippen LogP contribution in [0.15, 0.2) is 0 Å². The molecule has 10 atom stereocenters. The minimum atomic E-state index is -2.00. The Bertz CT molecular complexity index is 1720. The Kier molecular flexibility index (Phi) is 18.1. The van der Waals surface area contributed by atoms with Crippen molar-refractivity contribution in [3.05, 3.63) is 0 Å². The molecule has 1 unspecified atom stereocenters. The number of ether oxygens (including phenoxy) is 10. The molecular weight excluding hydrogens is 852 g/mol. The third kappa shape index (κ3) is 16.2. The SMILES string of the molecule is CC(C)(C)C(=O)OC[C@H]1O[C@@H](O[C@H]2[C@H](OC(=O)C(C)(C)C)[C@@H](OC(=O)C(C)(C)C)C(O)O[C@@H]2COC(=O)C(C)(C)C)[C@H](OC(=O)C(C)(C)C)[C@@H](OC(=O)C(C)(C)C)[C@H]1OC(=O)C(C)(C)C. The minimum absolute atomic E-state index is 0.623. The lowest BCUT2D eigenvalue weighted by molar-refractivity contribution is -0.359. The number of aliphatic hydroxyl groups is 1. The first-order chi connectivity index (χ1) is 29.0. The van der Waals surface area contributed by atoms with E-state index < -0.39 is 154 Å². The van der Waals surface area contributed by atoms with Gasteiger partial charge in [0.05, 0.1) is 37.9 Å². The van der Waals surface area contributed by atoms with E-state index in [1.807, 2.05) is 0 Å². The van der Waals surface area contributed by atoms with Crippen molar-refractivity contribution in [1.82, 2.24) is 0 Å². The van der Waals surface area contributed by atoms with Gasteiger partial charge in [-0.25, -0.2) is 0 Å². The van der Waals surface area contributed by atoms with Crippen LogP contribution in [-0.4, -0.2) is 122 Å². The Balaban J connectivity index is 3.10. The molecule has 2 rings (SSSR count). The maximum atomic E-state index is 14.0. The molecule has 2 fully saturated rings. The van der Waals surface area contributed by atoms with Crippen LogP contribution >= 0.6 is 0 Å². The summed E-state index contributed by atoms with van der Waals surface area (Å²) in [5, 5.41) is 11.5. The molecule has 0 spiro atoms. The number of carbonyl (C=O) groups is 7. The van der Waals surface area contributed by atoms with Gasteiger partial charge < -0.3 is 52.5 Å². The Hall–Kier alpha value is -3.87. The Morgan fingerprint density at radius 2 is 0.615 bits per heavy atom. The van der Waals surface area contributed by atoms with Gasteiger partial charge in [-0.05, 0) is 145 Å². The van der Waals surface area contributed by atoms with Gasteiger partial charge in [0.1, 0.15) is 31.5 Å². The van der Waals surface area contributed by atoms with Crippen LogP contribution in [0, 0.1) is 37.9 Å². The van der Waals surface area contributed by atoms with Crippen LogP contribution in [-0.2, 0) is 80.9 Å². The monoisotopic (exact) mass is 931 g/mol. The summed E-state index contributed by atoms with van der Waals surface area (Å²) < 4.78 is 60.8. The van der Waals surface area contributed by atoms with Crippen molar-refractivity contribution in [2.75, 3.05) is 13.2 Å². The zero-order valence-electron chi connectivity index (χ0n) is 42.6. The Morgan fingerprint density at radius 1 is 0.354 bits per heavy atom. The summed E-state index contributed by atoms with van der Waals surface area (Å²) in [6.07, 6.45) is -17.4. The molecule has 2 aliphatic rings. The van der Waals surface area contributed by atoms with Gasteiger partial charge in [-0.3, -0.25) is 33.6 Å². The summed E-state index contributed by atoms with van der Waals surface area (Å²) in [4.78, 5) is 95.4. The van der Waals surface area contributed by atoms with Crippen molar-refractivity contribution < 1.29 is 86.0 Å². The van der Waals surface area contributed by atoms with Crippen molar-refractivity contribution in [2.45, 2.75) is 207 Å². The van der Waals surface area contributed by atoms with E-state index in [-0.39, 0.29) is 0 Å². The molecule has 2 aliphatic heterocycles. The fraction of sp³-hybridized carbons (Fsp3) is 0.851. The first-order valence-electron chi connectivity index (χ1n) is 22.0. The Labute approximate surface area is 385 Å². The van der Waals surface area contributed by atoms with Gasteiger partial charge >= 0.3 is 41.8 Å². The molecular formula is C47H78O18. The highest BCUT2D eigenvalue weighted by atomic mass is 16.8. The van der Waals surface area contributed by atoms with Crippen LogP contribution in [0.3, 0.4) is 0 Å². The van der Waals surface area contributed by atoms with E-state index in [0.29, 0.717) is 0 Å². The molecule has 2 saturated heterocycles. The highest BCUT2D eigenvalue weighted by molar-refractivity contribution is 5.79. The number of esters is 7. The molecule has 0 aromatic rings. The lowest BCUT2D eigenvalue weighted by Crippen LogP contribution is -2.68. The predicted octanol–water partition coefficient (Wildman–Crippen LogP) is 5.78. The molecule has 65 heavy (non-hydrogen) atoms. The fourth-order valence-electron chi connectivity index (χ4n) is 5.38. The maximum absolute atomic E-state index is 14.0. The van der Waals surface area contributed by atoms with E-state index in [1.165, 1.54) is 0 Å². The quantitative estimate of drug-likeness (QED) is 0.191. The second-order valence-corrected chi connectivity index (χ2v) is 24.0. The molecule has 0 bridgehead atoms. The highest BCUT2D eigenvalue weighted by Gasteiger charge is 2.59. The zero-order valence-corrected chi connectivity index (χ0v) is 42.6. The number of hydrogen-bond acceptors (Lipinski definition) is 18. The van der Waals surface area contributed by atoms with E-state index in [0.717, 1.165) is 0 Å². The van der Waals surface area contributed by atoms with Gasteiger partial charge in [0.2, 0.25) is 0 Å². The van der Waals surface area contributed by atoms with E-state index >= 15 is 0 Å². The maximum Gasteiger partial charge on any atom is 0.311 e. The smallest absolute Gasteiger partial charge is 0.311 e. The van der Waals surface area contributed by atoms with Gasteiger partial charge in [0.25, 0.3) is 0 Å². The lowest BCUT2D eigenvalue weighted by atomic mass is 9.92. The third-order valence-electron chi connectivity index (χ3n) is 9.75. The van der Waals surface area contributed by atoms with Gasteiger partial charge in [0.15, 0.2) is 43.1 Å². The van der Waals surface area contributed by atoms with E-state index in [2.05, 4.69) is 0 Å². The van der Waals surface area contributed by atoms with Gasteiger partial charge in [-0.1, -0.05) is 0 Å². The molecule has 18 nitrogen and oxygen atoms in total. The van der Waals surface area contributed by atoms with Crippen LogP contribution in [0.25, 0.3) is 0 Å². The highest BCUT2D eigenvalue weighted by Crippen LogP contribution is 2.39. The normalized spacial score (nSPS) is 27.1. The summed E-state index contributed by atoms with van der Waals surface area (Å²) in [6, 6.07) is 0. The number of hydrogen-bond donors (Lipinski definition) is 1. The van der Waals surface area contributed by atoms with Crippen LogP contribution in [0.1, 0.15) is 145 Å². The van der Waals surface area contributed by atoms with Crippen molar-refractivity contribution in [1.29, 1.82) is 0 Å². The Morgan fingerprint density at radius 3 is 0.938 bits per heavy atom. The van der Waals surface area contributed by atoms with Crippen LogP contribution in [0.5, 0.6) is 0 Å². The average molecular weight is 931 g/mol. The molecule has 0 aliphatic carbocycles. The molecule has 0 radical (unpaired) electrons. The number of aliphatic hydroxyl groups excluding tert-OH is 1. The summed E-state index contributed by atoms with van der Waals surface area (Å²) in [5.74, 6) is -5.52.